The zero-order valence-electron chi connectivity index (χ0n) is 34.7. The molecule has 0 aromatic carbocycles. The summed E-state index contributed by atoms with van der Waals surface area (Å²) in [7, 11) is -4.60. The third-order valence-corrected chi connectivity index (χ3v) is 10.8. The molecule has 0 bridgehead atoms. The lowest BCUT2D eigenvalue weighted by atomic mass is 10.00. The average Bonchev–Trinajstić information content (AvgIpc) is 3.16. The number of esters is 2. The van der Waals surface area contributed by atoms with E-state index in [0.29, 0.717) is 12.8 Å². The maximum atomic E-state index is 12.7. The van der Waals surface area contributed by atoms with Gasteiger partial charge in [-0.05, 0) is 44.9 Å². The van der Waals surface area contributed by atoms with Gasteiger partial charge in [0.2, 0.25) is 0 Å². The minimum Gasteiger partial charge on any atom is -0.462 e. The van der Waals surface area contributed by atoms with E-state index in [4.69, 9.17) is 18.9 Å². The third-order valence-electron chi connectivity index (χ3n) is 10.0. The van der Waals surface area contributed by atoms with E-state index >= 15 is 0 Å². The van der Waals surface area contributed by atoms with Gasteiger partial charge in [-0.3, -0.25) is 14.1 Å². The van der Waals surface area contributed by atoms with Gasteiger partial charge >= 0.3 is 11.9 Å². The zero-order chi connectivity index (χ0) is 41.3. The second-order valence-corrected chi connectivity index (χ2v) is 16.9. The van der Waals surface area contributed by atoms with Crippen molar-refractivity contribution >= 4 is 22.1 Å². The molecule has 12 nitrogen and oxygen atoms in total. The monoisotopic (exact) mass is 819 g/mol. The number of unbranched alkanes of at least 4 members (excludes halogenated alkanes) is 20. The molecule has 1 aliphatic rings. The van der Waals surface area contributed by atoms with Gasteiger partial charge in [0, 0.05) is 12.8 Å². The first-order valence-electron chi connectivity index (χ1n) is 21.9. The standard InChI is InChI=1S/C43H78O12S/c1-3-5-7-9-11-13-14-15-16-17-18-19-20-21-22-24-25-27-29-31-38(44)52-33-36(54-39(45)32-30-28-26-23-12-10-8-6-4-2)34-53-43-42(48)41(47)40(46)37(55-43)35-56(49,50)51/h11,13,15-16,36-37,40-43,46-48H,3-10,12,14,17-35H2,1-2H3,(H,49,50,51)/b13-11+,16-15+/t36-,37-,40-,41?,42?,43+/m1/s1. The zero-order valence-corrected chi connectivity index (χ0v) is 35.6. The van der Waals surface area contributed by atoms with Crippen LogP contribution in [0, 0.1) is 0 Å². The summed E-state index contributed by atoms with van der Waals surface area (Å²) in [5.41, 5.74) is 0. The summed E-state index contributed by atoms with van der Waals surface area (Å²) in [6, 6.07) is 0. The highest BCUT2D eigenvalue weighted by molar-refractivity contribution is 7.85. The molecular formula is C43H78O12S. The van der Waals surface area contributed by atoms with E-state index in [-0.39, 0.29) is 19.4 Å². The smallest absolute Gasteiger partial charge is 0.306 e. The van der Waals surface area contributed by atoms with Crippen molar-refractivity contribution in [2.45, 2.75) is 218 Å². The van der Waals surface area contributed by atoms with E-state index in [1.807, 2.05) is 0 Å². The molecular weight excluding hydrogens is 741 g/mol. The Labute approximate surface area is 338 Å². The van der Waals surface area contributed by atoms with Gasteiger partial charge < -0.3 is 34.3 Å². The van der Waals surface area contributed by atoms with Crippen LogP contribution in [0.2, 0.25) is 0 Å². The molecule has 1 saturated heterocycles. The highest BCUT2D eigenvalue weighted by Gasteiger charge is 2.46. The van der Waals surface area contributed by atoms with Crippen molar-refractivity contribution in [3.63, 3.8) is 0 Å². The lowest BCUT2D eigenvalue weighted by molar-refractivity contribution is -0.297. The molecule has 1 heterocycles. The van der Waals surface area contributed by atoms with Crippen molar-refractivity contribution < 1.29 is 56.8 Å². The van der Waals surface area contributed by atoms with Crippen LogP contribution in [0.15, 0.2) is 24.3 Å². The number of allylic oxidation sites excluding steroid dienone is 4. The number of aliphatic hydroxyl groups is 3. The van der Waals surface area contributed by atoms with Gasteiger partial charge in [-0.1, -0.05) is 147 Å². The molecule has 4 N–H and O–H groups in total. The Hall–Kier alpha value is -1.87. The summed E-state index contributed by atoms with van der Waals surface area (Å²) in [4.78, 5) is 25.3. The largest absolute Gasteiger partial charge is 0.462 e. The second kappa shape index (κ2) is 34.0. The van der Waals surface area contributed by atoms with Crippen LogP contribution in [0.5, 0.6) is 0 Å². The van der Waals surface area contributed by atoms with Crippen molar-refractivity contribution in [1.82, 2.24) is 0 Å². The van der Waals surface area contributed by atoms with E-state index in [1.165, 1.54) is 89.9 Å². The fourth-order valence-electron chi connectivity index (χ4n) is 6.59. The molecule has 13 heteroatoms. The van der Waals surface area contributed by atoms with Gasteiger partial charge in [-0.25, -0.2) is 0 Å². The van der Waals surface area contributed by atoms with Crippen molar-refractivity contribution in [2.24, 2.45) is 0 Å². The predicted octanol–water partition coefficient (Wildman–Crippen LogP) is 8.45. The van der Waals surface area contributed by atoms with Crippen molar-refractivity contribution in [3.8, 4) is 0 Å². The van der Waals surface area contributed by atoms with Gasteiger partial charge in [0.25, 0.3) is 10.1 Å². The van der Waals surface area contributed by atoms with Crippen LogP contribution in [-0.2, 0) is 38.7 Å². The number of carbonyl (C=O) groups is 2. The van der Waals surface area contributed by atoms with E-state index < -0.39 is 71.2 Å². The molecule has 1 fully saturated rings. The number of rotatable bonds is 36. The maximum absolute atomic E-state index is 12.7. The fraction of sp³-hybridized carbons (Fsp3) is 0.860. The first-order chi connectivity index (χ1) is 27.0. The van der Waals surface area contributed by atoms with Gasteiger partial charge in [0.05, 0.1) is 6.61 Å². The molecule has 328 valence electrons. The molecule has 1 rings (SSSR count). The third kappa shape index (κ3) is 28.5. The molecule has 0 aliphatic carbocycles. The summed E-state index contributed by atoms with van der Waals surface area (Å²) in [6.45, 7) is 3.70. The first kappa shape index (κ1) is 52.1. The van der Waals surface area contributed by atoms with E-state index in [0.717, 1.165) is 51.4 Å². The number of hydrogen-bond donors (Lipinski definition) is 4. The molecule has 1 aliphatic heterocycles. The van der Waals surface area contributed by atoms with Crippen LogP contribution in [0.4, 0.5) is 0 Å². The fourth-order valence-corrected chi connectivity index (χ4v) is 7.28. The predicted molar refractivity (Wildman–Crippen MR) is 220 cm³/mol. The number of ether oxygens (including phenoxy) is 4. The van der Waals surface area contributed by atoms with Crippen LogP contribution in [0.25, 0.3) is 0 Å². The lowest BCUT2D eigenvalue weighted by Gasteiger charge is -2.40. The quantitative estimate of drug-likeness (QED) is 0.0205. The summed E-state index contributed by atoms with van der Waals surface area (Å²) >= 11 is 0. The van der Waals surface area contributed by atoms with Crippen LogP contribution < -0.4 is 0 Å². The Bertz CT molecular complexity index is 1140. The molecule has 0 saturated carbocycles. The van der Waals surface area contributed by atoms with E-state index in [1.54, 1.807) is 0 Å². The SMILES string of the molecule is CCCCC/C=C/C/C=C/CCCCCCCCCCCC(=O)OC[C@H](CO[C@H]1O[C@H](CS(=O)(=O)O)[C@@H](O)C(O)C1O)OC(=O)CCCCCCCCCCC. The van der Waals surface area contributed by atoms with Crippen LogP contribution >= 0.6 is 0 Å². The van der Waals surface area contributed by atoms with Gasteiger partial charge in [-0.2, -0.15) is 8.42 Å². The minimum absolute atomic E-state index is 0.166. The molecule has 0 aromatic heterocycles. The van der Waals surface area contributed by atoms with Crippen LogP contribution in [0.1, 0.15) is 181 Å². The van der Waals surface area contributed by atoms with Crippen LogP contribution in [-0.4, -0.2) is 96.0 Å². The highest BCUT2D eigenvalue weighted by Crippen LogP contribution is 2.24. The molecule has 56 heavy (non-hydrogen) atoms. The van der Waals surface area contributed by atoms with E-state index in [2.05, 4.69) is 38.2 Å². The van der Waals surface area contributed by atoms with Gasteiger partial charge in [0.1, 0.15) is 36.8 Å². The average molecular weight is 819 g/mol. The van der Waals surface area contributed by atoms with Crippen LogP contribution in [0.3, 0.4) is 0 Å². The first-order valence-corrected chi connectivity index (χ1v) is 23.5. The van der Waals surface area contributed by atoms with Gasteiger partial charge in [-0.15, -0.1) is 0 Å². The summed E-state index contributed by atoms with van der Waals surface area (Å²) in [5, 5.41) is 30.8. The molecule has 0 radical (unpaired) electrons. The molecule has 2 unspecified atom stereocenters. The molecule has 0 amide bonds. The Kier molecular flexibility index (Phi) is 31.7. The Morgan fingerprint density at radius 1 is 0.607 bits per heavy atom. The van der Waals surface area contributed by atoms with Crippen molar-refractivity contribution in [2.75, 3.05) is 19.0 Å². The Balaban J connectivity index is 2.40. The molecule has 0 aromatic rings. The van der Waals surface area contributed by atoms with Crippen molar-refractivity contribution in [1.29, 1.82) is 0 Å². The summed E-state index contributed by atoms with van der Waals surface area (Å²) in [5.74, 6) is -1.99. The van der Waals surface area contributed by atoms with E-state index in [9.17, 15) is 37.9 Å². The van der Waals surface area contributed by atoms with Crippen molar-refractivity contribution in [3.05, 3.63) is 24.3 Å². The minimum atomic E-state index is -4.60. The molecule has 6 atom stereocenters. The Morgan fingerprint density at radius 3 is 1.61 bits per heavy atom. The number of hydrogen-bond acceptors (Lipinski definition) is 11. The van der Waals surface area contributed by atoms with Gasteiger partial charge in [0.15, 0.2) is 12.4 Å². The summed E-state index contributed by atoms with van der Waals surface area (Å²) < 4.78 is 53.9. The molecule has 0 spiro atoms. The Morgan fingerprint density at radius 2 is 1.07 bits per heavy atom. The number of aliphatic hydroxyl groups excluding tert-OH is 3. The lowest BCUT2D eigenvalue weighted by Crippen LogP contribution is -2.60. The topological polar surface area (TPSA) is 186 Å². The maximum Gasteiger partial charge on any atom is 0.306 e. The highest BCUT2D eigenvalue weighted by atomic mass is 32.2. The number of carbonyl (C=O) groups excluding carboxylic acids is 2. The second-order valence-electron chi connectivity index (χ2n) is 15.4. The normalized spacial score (nSPS) is 20.9. The summed E-state index contributed by atoms with van der Waals surface area (Å²) in [6.07, 6.45) is 26.7.